The zero-order valence-electron chi connectivity index (χ0n) is 11.0. The second kappa shape index (κ2) is 6.38. The van der Waals surface area contributed by atoms with Crippen LogP contribution < -0.4 is 9.47 Å². The van der Waals surface area contributed by atoms with E-state index in [-0.39, 0.29) is 10.2 Å². The van der Waals surface area contributed by atoms with Gasteiger partial charge in [0, 0.05) is 12.4 Å². The molecule has 0 amide bonds. The first-order valence-electron chi connectivity index (χ1n) is 6.01. The molecule has 0 bridgehead atoms. The van der Waals surface area contributed by atoms with Gasteiger partial charge in [-0.25, -0.2) is 4.98 Å². The van der Waals surface area contributed by atoms with E-state index in [1.807, 2.05) is 17.7 Å². The van der Waals surface area contributed by atoms with Gasteiger partial charge < -0.3 is 14.0 Å². The maximum Gasteiger partial charge on any atom is 0.573 e. The van der Waals surface area contributed by atoms with E-state index in [2.05, 4.69) is 25.7 Å². The Labute approximate surface area is 127 Å². The Hall–Kier alpha value is -1.70. The van der Waals surface area contributed by atoms with Crippen LogP contribution in [-0.4, -0.2) is 22.5 Å². The van der Waals surface area contributed by atoms with Crippen molar-refractivity contribution in [2.24, 2.45) is 0 Å². The number of imidazole rings is 1. The van der Waals surface area contributed by atoms with E-state index in [4.69, 9.17) is 4.74 Å². The molecular formula is C13H12BrF3N2O2. The first-order chi connectivity index (χ1) is 9.85. The third-order valence-corrected chi connectivity index (χ3v) is 3.27. The average Bonchev–Trinajstić information content (AvgIpc) is 2.77. The Morgan fingerprint density at radius 3 is 2.67 bits per heavy atom. The number of nitrogens with zero attached hydrogens (tertiary/aromatic N) is 2. The summed E-state index contributed by atoms with van der Waals surface area (Å²) in [6, 6.07) is 4.06. The van der Waals surface area contributed by atoms with Crippen LogP contribution in [0.4, 0.5) is 13.2 Å². The molecule has 1 heterocycles. The summed E-state index contributed by atoms with van der Waals surface area (Å²) in [7, 11) is 0. The van der Waals surface area contributed by atoms with Crippen molar-refractivity contribution in [1.82, 2.24) is 9.55 Å². The number of ether oxygens (including phenoxy) is 2. The van der Waals surface area contributed by atoms with Gasteiger partial charge in [0.1, 0.15) is 23.9 Å². The maximum atomic E-state index is 12.1. The van der Waals surface area contributed by atoms with E-state index in [0.29, 0.717) is 18.9 Å². The van der Waals surface area contributed by atoms with Crippen molar-refractivity contribution in [2.45, 2.75) is 19.8 Å². The lowest BCUT2D eigenvalue weighted by Gasteiger charge is -2.12. The third kappa shape index (κ3) is 4.66. The number of rotatable bonds is 5. The summed E-state index contributed by atoms with van der Waals surface area (Å²) in [5, 5.41) is 0. The van der Waals surface area contributed by atoms with Crippen molar-refractivity contribution in [3.63, 3.8) is 0 Å². The van der Waals surface area contributed by atoms with Gasteiger partial charge in [-0.1, -0.05) is 0 Å². The predicted octanol–water partition coefficient (Wildman–Crippen LogP) is 3.93. The monoisotopic (exact) mass is 364 g/mol. The van der Waals surface area contributed by atoms with E-state index in [1.165, 1.54) is 18.2 Å². The largest absolute Gasteiger partial charge is 0.573 e. The molecule has 8 heteroatoms. The van der Waals surface area contributed by atoms with Crippen LogP contribution in [0.25, 0.3) is 0 Å². The molecule has 0 aliphatic carbocycles. The zero-order valence-corrected chi connectivity index (χ0v) is 12.6. The Balaban J connectivity index is 1.93. The molecule has 0 saturated carbocycles. The van der Waals surface area contributed by atoms with Crippen LogP contribution in [0.1, 0.15) is 5.82 Å². The number of alkyl halides is 3. The summed E-state index contributed by atoms with van der Waals surface area (Å²) < 4.78 is 47.8. The summed E-state index contributed by atoms with van der Waals surface area (Å²) in [4.78, 5) is 4.08. The van der Waals surface area contributed by atoms with E-state index in [1.54, 1.807) is 6.20 Å². The Morgan fingerprint density at radius 1 is 1.33 bits per heavy atom. The van der Waals surface area contributed by atoms with Gasteiger partial charge >= 0.3 is 6.36 Å². The molecule has 21 heavy (non-hydrogen) atoms. The fourth-order valence-corrected chi connectivity index (χ4v) is 2.12. The molecule has 0 spiro atoms. The van der Waals surface area contributed by atoms with Crippen LogP contribution in [0.5, 0.6) is 11.5 Å². The van der Waals surface area contributed by atoms with Crippen LogP contribution >= 0.6 is 15.9 Å². The number of aryl methyl sites for hydroxylation is 1. The maximum absolute atomic E-state index is 12.1. The van der Waals surface area contributed by atoms with Gasteiger partial charge in [0.05, 0.1) is 11.0 Å². The quantitative estimate of drug-likeness (QED) is 0.806. The highest BCUT2D eigenvalue weighted by molar-refractivity contribution is 9.10. The molecule has 2 aromatic rings. The standard InChI is InChI=1S/C13H12BrF3N2O2/c1-9-18-4-5-19(9)6-7-20-10-2-3-12(11(14)8-10)21-13(15,16)17/h2-5,8H,6-7H2,1H3. The number of hydrogen-bond acceptors (Lipinski definition) is 3. The smallest absolute Gasteiger partial charge is 0.492 e. The van der Waals surface area contributed by atoms with Gasteiger partial charge in [-0.15, -0.1) is 13.2 Å². The number of hydrogen-bond donors (Lipinski definition) is 0. The van der Waals surface area contributed by atoms with E-state index < -0.39 is 6.36 Å². The Bertz CT molecular complexity index is 614. The van der Waals surface area contributed by atoms with E-state index in [0.717, 1.165) is 5.82 Å². The molecule has 0 atom stereocenters. The number of aromatic nitrogens is 2. The molecule has 114 valence electrons. The lowest BCUT2D eigenvalue weighted by atomic mass is 10.3. The fraction of sp³-hybridized carbons (Fsp3) is 0.308. The first-order valence-corrected chi connectivity index (χ1v) is 6.80. The second-order valence-corrected chi connectivity index (χ2v) is 5.01. The SMILES string of the molecule is Cc1nccn1CCOc1ccc(OC(F)(F)F)c(Br)c1. The van der Waals surface area contributed by atoms with Crippen LogP contribution in [0.15, 0.2) is 35.1 Å². The van der Waals surface area contributed by atoms with Gasteiger partial charge in [-0.2, -0.15) is 0 Å². The molecule has 0 N–H and O–H groups in total. The van der Waals surface area contributed by atoms with Crippen molar-refractivity contribution in [3.05, 3.63) is 40.9 Å². The van der Waals surface area contributed by atoms with Crippen molar-refractivity contribution in [3.8, 4) is 11.5 Å². The van der Waals surface area contributed by atoms with Gasteiger partial charge in [0.2, 0.25) is 0 Å². The molecule has 4 nitrogen and oxygen atoms in total. The topological polar surface area (TPSA) is 36.3 Å². The lowest BCUT2D eigenvalue weighted by molar-refractivity contribution is -0.274. The van der Waals surface area contributed by atoms with Crippen molar-refractivity contribution >= 4 is 15.9 Å². The molecule has 0 unspecified atom stereocenters. The molecule has 1 aromatic carbocycles. The second-order valence-electron chi connectivity index (χ2n) is 4.16. The lowest BCUT2D eigenvalue weighted by Crippen LogP contribution is -2.17. The van der Waals surface area contributed by atoms with Gasteiger partial charge in [0.25, 0.3) is 0 Å². The van der Waals surface area contributed by atoms with E-state index in [9.17, 15) is 13.2 Å². The van der Waals surface area contributed by atoms with Crippen molar-refractivity contribution < 1.29 is 22.6 Å². The van der Waals surface area contributed by atoms with Crippen LogP contribution in [0.3, 0.4) is 0 Å². The average molecular weight is 365 g/mol. The highest BCUT2D eigenvalue weighted by Gasteiger charge is 2.31. The Morgan fingerprint density at radius 2 is 2.10 bits per heavy atom. The highest BCUT2D eigenvalue weighted by atomic mass is 79.9. The summed E-state index contributed by atoms with van der Waals surface area (Å²) in [6.45, 7) is 2.85. The van der Waals surface area contributed by atoms with Crippen molar-refractivity contribution in [2.75, 3.05) is 6.61 Å². The summed E-state index contributed by atoms with van der Waals surface area (Å²) in [5.74, 6) is 1.02. The predicted molar refractivity (Wildman–Crippen MR) is 73.3 cm³/mol. The van der Waals surface area contributed by atoms with Gasteiger partial charge in [-0.3, -0.25) is 0 Å². The molecular weight excluding hydrogens is 353 g/mol. The molecule has 1 aromatic heterocycles. The third-order valence-electron chi connectivity index (χ3n) is 2.65. The van der Waals surface area contributed by atoms with Crippen molar-refractivity contribution in [1.29, 1.82) is 0 Å². The molecule has 0 aliphatic rings. The van der Waals surface area contributed by atoms with Crippen LogP contribution in [-0.2, 0) is 6.54 Å². The minimum Gasteiger partial charge on any atom is -0.492 e. The number of benzene rings is 1. The molecule has 2 rings (SSSR count). The summed E-state index contributed by atoms with van der Waals surface area (Å²) in [5.41, 5.74) is 0. The highest BCUT2D eigenvalue weighted by Crippen LogP contribution is 2.33. The Kier molecular flexibility index (Phi) is 4.76. The summed E-state index contributed by atoms with van der Waals surface area (Å²) in [6.07, 6.45) is -1.20. The fourth-order valence-electron chi connectivity index (χ4n) is 1.68. The zero-order chi connectivity index (χ0) is 15.5. The molecule has 0 fully saturated rings. The normalized spacial score (nSPS) is 11.5. The molecule has 0 aliphatic heterocycles. The molecule has 0 saturated heterocycles. The minimum atomic E-state index is -4.72. The van der Waals surface area contributed by atoms with Gasteiger partial charge in [0.15, 0.2) is 0 Å². The van der Waals surface area contributed by atoms with Crippen LogP contribution in [0, 0.1) is 6.92 Å². The van der Waals surface area contributed by atoms with E-state index >= 15 is 0 Å². The molecule has 0 radical (unpaired) electrons. The summed E-state index contributed by atoms with van der Waals surface area (Å²) >= 11 is 3.02. The van der Waals surface area contributed by atoms with Gasteiger partial charge in [-0.05, 0) is 41.1 Å². The first kappa shape index (κ1) is 15.7. The minimum absolute atomic E-state index is 0.177. The van der Waals surface area contributed by atoms with Crippen LogP contribution in [0.2, 0.25) is 0 Å². The number of halogens is 4.